The van der Waals surface area contributed by atoms with Gasteiger partial charge in [0.05, 0.1) is 0 Å². The average Bonchev–Trinajstić information content (AvgIpc) is 2.87. The van der Waals surface area contributed by atoms with E-state index in [-0.39, 0.29) is 5.41 Å². The summed E-state index contributed by atoms with van der Waals surface area (Å²) in [6, 6.07) is 7.76. The minimum absolute atomic E-state index is 0.0281. The Kier molecular flexibility index (Phi) is 1.94. The number of para-hydroxylation sites is 1. The highest BCUT2D eigenvalue weighted by Crippen LogP contribution is 2.42. The van der Waals surface area contributed by atoms with E-state index >= 15 is 0 Å². The van der Waals surface area contributed by atoms with Crippen molar-refractivity contribution in [2.24, 2.45) is 0 Å². The van der Waals surface area contributed by atoms with Gasteiger partial charge in [0, 0.05) is 24.2 Å². The zero-order valence-electron chi connectivity index (χ0n) is 8.86. The van der Waals surface area contributed by atoms with Crippen LogP contribution < -0.4 is 10.6 Å². The lowest BCUT2D eigenvalue weighted by Gasteiger charge is -2.21. The van der Waals surface area contributed by atoms with Gasteiger partial charge in [0.1, 0.15) is 6.04 Å². The highest BCUT2D eigenvalue weighted by atomic mass is 16.4. The Morgan fingerprint density at radius 1 is 1.38 bits per heavy atom. The van der Waals surface area contributed by atoms with Crippen LogP contribution in [-0.4, -0.2) is 30.2 Å². The third-order valence-corrected chi connectivity index (χ3v) is 3.70. The Hall–Kier alpha value is -1.55. The van der Waals surface area contributed by atoms with Crippen LogP contribution in [0.3, 0.4) is 0 Å². The van der Waals surface area contributed by atoms with E-state index in [1.165, 1.54) is 5.56 Å². The van der Waals surface area contributed by atoms with Crippen molar-refractivity contribution in [1.29, 1.82) is 0 Å². The SMILES string of the molecule is O=C(O)C1CC2(CNc3ccccc32)CN1. The summed E-state index contributed by atoms with van der Waals surface area (Å²) in [6.45, 7) is 1.58. The van der Waals surface area contributed by atoms with Crippen molar-refractivity contribution in [3.05, 3.63) is 29.8 Å². The number of benzene rings is 1. The molecule has 2 aliphatic heterocycles. The number of anilines is 1. The van der Waals surface area contributed by atoms with E-state index in [1.54, 1.807) is 0 Å². The predicted octanol–water partition coefficient (Wildman–Crippen LogP) is 0.796. The maximum atomic E-state index is 11.0. The molecule has 3 rings (SSSR count). The van der Waals surface area contributed by atoms with Gasteiger partial charge in [-0.15, -0.1) is 0 Å². The van der Waals surface area contributed by atoms with Crippen molar-refractivity contribution in [2.75, 3.05) is 18.4 Å². The van der Waals surface area contributed by atoms with Crippen LogP contribution in [0.2, 0.25) is 0 Å². The molecule has 2 unspecified atom stereocenters. The molecule has 16 heavy (non-hydrogen) atoms. The van der Waals surface area contributed by atoms with Crippen LogP contribution in [0.25, 0.3) is 0 Å². The zero-order valence-corrected chi connectivity index (χ0v) is 8.86. The van der Waals surface area contributed by atoms with Crippen LogP contribution in [0.4, 0.5) is 5.69 Å². The second-order valence-electron chi connectivity index (χ2n) is 4.66. The molecule has 4 heteroatoms. The lowest BCUT2D eigenvalue weighted by Crippen LogP contribution is -2.31. The monoisotopic (exact) mass is 218 g/mol. The van der Waals surface area contributed by atoms with E-state index in [0.717, 1.165) is 18.8 Å². The molecule has 1 fully saturated rings. The number of nitrogens with one attached hydrogen (secondary N) is 2. The first-order valence-electron chi connectivity index (χ1n) is 5.51. The Morgan fingerprint density at radius 2 is 2.19 bits per heavy atom. The van der Waals surface area contributed by atoms with Crippen LogP contribution in [-0.2, 0) is 10.2 Å². The van der Waals surface area contributed by atoms with E-state index in [9.17, 15) is 4.79 Å². The minimum Gasteiger partial charge on any atom is -0.480 e. The third-order valence-electron chi connectivity index (χ3n) is 3.70. The quantitative estimate of drug-likeness (QED) is 0.652. The summed E-state index contributed by atoms with van der Waals surface area (Å²) in [4.78, 5) is 11.0. The van der Waals surface area contributed by atoms with Crippen LogP contribution in [0, 0.1) is 0 Å². The van der Waals surface area contributed by atoms with Crippen molar-refractivity contribution < 1.29 is 9.90 Å². The molecule has 4 nitrogen and oxygen atoms in total. The molecule has 0 aromatic heterocycles. The fourth-order valence-electron chi connectivity index (χ4n) is 2.83. The summed E-state index contributed by atoms with van der Waals surface area (Å²) >= 11 is 0. The summed E-state index contributed by atoms with van der Waals surface area (Å²) < 4.78 is 0. The fourth-order valence-corrected chi connectivity index (χ4v) is 2.83. The summed E-state index contributed by atoms with van der Waals surface area (Å²) in [5, 5.41) is 15.5. The summed E-state index contributed by atoms with van der Waals surface area (Å²) in [5.74, 6) is -0.749. The number of carboxylic acid groups (broad SMARTS) is 1. The molecule has 0 saturated carbocycles. The van der Waals surface area contributed by atoms with Crippen molar-refractivity contribution in [2.45, 2.75) is 17.9 Å². The first-order chi connectivity index (χ1) is 7.71. The number of carbonyl (C=O) groups is 1. The number of hydrogen-bond acceptors (Lipinski definition) is 3. The molecule has 1 aromatic rings. The number of hydrogen-bond donors (Lipinski definition) is 3. The molecule has 2 atom stereocenters. The fraction of sp³-hybridized carbons (Fsp3) is 0.417. The van der Waals surface area contributed by atoms with Crippen molar-refractivity contribution in [3.8, 4) is 0 Å². The van der Waals surface area contributed by atoms with Crippen molar-refractivity contribution in [1.82, 2.24) is 5.32 Å². The van der Waals surface area contributed by atoms with E-state index in [4.69, 9.17) is 5.11 Å². The Morgan fingerprint density at radius 3 is 2.94 bits per heavy atom. The molecule has 0 radical (unpaired) electrons. The molecule has 1 saturated heterocycles. The van der Waals surface area contributed by atoms with Gasteiger partial charge in [-0.3, -0.25) is 4.79 Å². The first-order valence-corrected chi connectivity index (χ1v) is 5.51. The lowest BCUT2D eigenvalue weighted by molar-refractivity contribution is -0.139. The van der Waals surface area contributed by atoms with Gasteiger partial charge >= 0.3 is 5.97 Å². The largest absolute Gasteiger partial charge is 0.480 e. The van der Waals surface area contributed by atoms with Gasteiger partial charge in [0.15, 0.2) is 0 Å². The lowest BCUT2D eigenvalue weighted by atomic mass is 9.80. The van der Waals surface area contributed by atoms with Gasteiger partial charge in [0.25, 0.3) is 0 Å². The van der Waals surface area contributed by atoms with Crippen LogP contribution in [0.5, 0.6) is 0 Å². The van der Waals surface area contributed by atoms with Crippen molar-refractivity contribution in [3.63, 3.8) is 0 Å². The molecule has 0 bridgehead atoms. The molecule has 0 amide bonds. The summed E-state index contributed by atoms with van der Waals surface area (Å²) in [5.41, 5.74) is 2.38. The van der Waals surface area contributed by atoms with E-state index in [0.29, 0.717) is 6.42 Å². The molecule has 1 spiro atoms. The molecular weight excluding hydrogens is 204 g/mol. The predicted molar refractivity (Wildman–Crippen MR) is 60.7 cm³/mol. The normalized spacial score (nSPS) is 31.4. The number of rotatable bonds is 1. The summed E-state index contributed by atoms with van der Waals surface area (Å²) in [6.07, 6.45) is 0.673. The summed E-state index contributed by atoms with van der Waals surface area (Å²) in [7, 11) is 0. The molecule has 2 aliphatic rings. The smallest absolute Gasteiger partial charge is 0.320 e. The van der Waals surface area contributed by atoms with E-state index < -0.39 is 12.0 Å². The number of carboxylic acids is 1. The molecular formula is C12H14N2O2. The topological polar surface area (TPSA) is 61.4 Å². The standard InChI is InChI=1S/C12H14N2O2/c15-11(16)10-5-12(7-14-10)6-13-9-4-2-1-3-8(9)12/h1-4,10,13-14H,5-7H2,(H,15,16). The maximum absolute atomic E-state index is 11.0. The molecule has 0 aliphatic carbocycles. The van der Waals surface area contributed by atoms with Gasteiger partial charge in [-0.25, -0.2) is 0 Å². The minimum atomic E-state index is -0.749. The first kappa shape index (κ1) is 9.66. The number of aliphatic carboxylic acids is 1. The van der Waals surface area contributed by atoms with Gasteiger partial charge < -0.3 is 15.7 Å². The molecule has 1 aromatic carbocycles. The van der Waals surface area contributed by atoms with E-state index in [2.05, 4.69) is 22.8 Å². The van der Waals surface area contributed by atoms with Gasteiger partial charge in [-0.2, -0.15) is 0 Å². The zero-order chi connectivity index (χ0) is 11.2. The highest BCUT2D eigenvalue weighted by molar-refractivity contribution is 5.75. The molecule has 2 heterocycles. The molecule has 84 valence electrons. The van der Waals surface area contributed by atoms with Gasteiger partial charge in [-0.1, -0.05) is 18.2 Å². The van der Waals surface area contributed by atoms with Gasteiger partial charge in [-0.05, 0) is 18.1 Å². The Labute approximate surface area is 93.7 Å². The van der Waals surface area contributed by atoms with Crippen LogP contribution >= 0.6 is 0 Å². The maximum Gasteiger partial charge on any atom is 0.320 e. The number of fused-ring (bicyclic) bond motifs is 2. The highest BCUT2D eigenvalue weighted by Gasteiger charge is 2.46. The van der Waals surface area contributed by atoms with Crippen LogP contribution in [0.1, 0.15) is 12.0 Å². The van der Waals surface area contributed by atoms with Crippen molar-refractivity contribution >= 4 is 11.7 Å². The third kappa shape index (κ3) is 1.23. The second kappa shape index (κ2) is 3.22. The van der Waals surface area contributed by atoms with Gasteiger partial charge in [0.2, 0.25) is 0 Å². The van der Waals surface area contributed by atoms with Crippen LogP contribution in [0.15, 0.2) is 24.3 Å². The average molecular weight is 218 g/mol. The second-order valence-corrected chi connectivity index (χ2v) is 4.66. The molecule has 3 N–H and O–H groups in total. The Bertz CT molecular complexity index is 446. The van der Waals surface area contributed by atoms with E-state index in [1.807, 2.05) is 12.1 Å². The Balaban J connectivity index is 1.95.